The molecule has 1 aromatic heterocycles. The van der Waals surface area contributed by atoms with E-state index in [9.17, 15) is 0 Å². The summed E-state index contributed by atoms with van der Waals surface area (Å²) in [7, 11) is 0. The van der Waals surface area contributed by atoms with Gasteiger partial charge in [-0.1, -0.05) is 6.92 Å². The van der Waals surface area contributed by atoms with Gasteiger partial charge in [-0.25, -0.2) is 9.55 Å². The van der Waals surface area contributed by atoms with Crippen molar-refractivity contribution in [3.63, 3.8) is 0 Å². The van der Waals surface area contributed by atoms with E-state index in [2.05, 4.69) is 28.9 Å². The molecule has 0 spiro atoms. The van der Waals surface area contributed by atoms with Crippen LogP contribution in [0, 0.1) is 0 Å². The highest BCUT2D eigenvalue weighted by Gasteiger charge is 2.04. The van der Waals surface area contributed by atoms with Crippen molar-refractivity contribution >= 4 is 11.8 Å². The summed E-state index contributed by atoms with van der Waals surface area (Å²) in [5.41, 5.74) is 0. The molecule has 0 aliphatic rings. The van der Waals surface area contributed by atoms with Crippen LogP contribution in [0.25, 0.3) is 0 Å². The van der Waals surface area contributed by atoms with E-state index in [4.69, 9.17) is 0 Å². The van der Waals surface area contributed by atoms with Crippen LogP contribution in [-0.4, -0.2) is 11.2 Å². The first kappa shape index (κ1) is 7.66. The zero-order valence-electron chi connectivity index (χ0n) is 6.42. The van der Waals surface area contributed by atoms with Crippen molar-refractivity contribution in [3.05, 3.63) is 18.2 Å². The molecule has 0 fully saturated rings. The highest BCUT2D eigenvalue weighted by Crippen LogP contribution is 1.93. The van der Waals surface area contributed by atoms with E-state index in [1.807, 2.05) is 18.0 Å². The molecule has 0 amide bonds. The van der Waals surface area contributed by atoms with Gasteiger partial charge in [0.2, 0.25) is 0 Å². The van der Waals surface area contributed by atoms with Gasteiger partial charge in [-0.2, -0.15) is 0 Å². The SMILES string of the molecule is CCc1[nH]cc[n+]1CSC. The number of rotatable bonds is 3. The van der Waals surface area contributed by atoms with Gasteiger partial charge in [0, 0.05) is 6.42 Å². The summed E-state index contributed by atoms with van der Waals surface area (Å²) in [4.78, 5) is 3.19. The molecule has 0 saturated carbocycles. The molecule has 0 saturated heterocycles. The number of aromatic nitrogens is 2. The van der Waals surface area contributed by atoms with Crippen molar-refractivity contribution < 1.29 is 4.57 Å². The van der Waals surface area contributed by atoms with Crippen LogP contribution in [0.2, 0.25) is 0 Å². The van der Waals surface area contributed by atoms with Gasteiger partial charge in [-0.3, -0.25) is 0 Å². The van der Waals surface area contributed by atoms with E-state index in [1.54, 1.807) is 0 Å². The number of imidazole rings is 1. The third-order valence-electron chi connectivity index (χ3n) is 1.45. The van der Waals surface area contributed by atoms with Crippen molar-refractivity contribution in [2.24, 2.45) is 0 Å². The minimum atomic E-state index is 1.05. The van der Waals surface area contributed by atoms with Gasteiger partial charge >= 0.3 is 0 Å². The first-order chi connectivity index (χ1) is 4.88. The number of hydrogen-bond acceptors (Lipinski definition) is 1. The smallest absolute Gasteiger partial charge is 0.248 e. The van der Waals surface area contributed by atoms with E-state index in [0.717, 1.165) is 12.3 Å². The molecule has 1 heterocycles. The first-order valence-corrected chi connectivity index (χ1v) is 4.82. The zero-order chi connectivity index (χ0) is 7.40. The maximum atomic E-state index is 3.19. The van der Waals surface area contributed by atoms with Crippen LogP contribution in [0.5, 0.6) is 0 Å². The van der Waals surface area contributed by atoms with Crippen LogP contribution >= 0.6 is 11.8 Å². The Labute approximate surface area is 65.7 Å². The molecule has 0 aliphatic heterocycles. The molecule has 3 heteroatoms. The standard InChI is InChI=1S/C7H12N2S/c1-3-7-8-4-5-9(7)6-10-2/h4-5H,3,6H2,1-2H3/p+1. The quantitative estimate of drug-likeness (QED) is 0.653. The summed E-state index contributed by atoms with van der Waals surface area (Å²) < 4.78 is 2.23. The fourth-order valence-corrected chi connectivity index (χ4v) is 1.48. The molecule has 0 unspecified atom stereocenters. The summed E-state index contributed by atoms with van der Waals surface area (Å²) in [6.07, 6.45) is 7.25. The third-order valence-corrected chi connectivity index (χ3v) is 1.99. The highest BCUT2D eigenvalue weighted by molar-refractivity contribution is 7.97. The maximum Gasteiger partial charge on any atom is 0.254 e. The largest absolute Gasteiger partial charge is 0.254 e. The molecule has 0 aliphatic carbocycles. The summed E-state index contributed by atoms with van der Waals surface area (Å²) in [5, 5.41) is 0. The van der Waals surface area contributed by atoms with Crippen LogP contribution in [0.15, 0.2) is 12.4 Å². The summed E-state index contributed by atoms with van der Waals surface area (Å²) in [5.74, 6) is 2.35. The number of aromatic amines is 1. The molecular weight excluding hydrogens is 144 g/mol. The Morgan fingerprint density at radius 1 is 1.70 bits per heavy atom. The lowest BCUT2D eigenvalue weighted by Crippen LogP contribution is -2.34. The molecule has 1 N–H and O–H groups in total. The number of thioether (sulfide) groups is 1. The normalized spacial score (nSPS) is 10.2. The van der Waals surface area contributed by atoms with Crippen LogP contribution in [-0.2, 0) is 12.3 Å². The lowest BCUT2D eigenvalue weighted by atomic mass is 10.5. The van der Waals surface area contributed by atoms with E-state index >= 15 is 0 Å². The molecule has 0 bridgehead atoms. The van der Waals surface area contributed by atoms with Gasteiger partial charge in [0.1, 0.15) is 18.3 Å². The first-order valence-electron chi connectivity index (χ1n) is 3.43. The molecule has 10 heavy (non-hydrogen) atoms. The van der Waals surface area contributed by atoms with Gasteiger partial charge < -0.3 is 0 Å². The molecule has 0 radical (unpaired) electrons. The summed E-state index contributed by atoms with van der Waals surface area (Å²) in [6, 6.07) is 0. The molecule has 0 aromatic carbocycles. The van der Waals surface area contributed by atoms with Crippen molar-refractivity contribution in [2.75, 3.05) is 6.26 Å². The number of nitrogens with zero attached hydrogens (tertiary/aromatic N) is 1. The molecular formula is C7H13N2S+. The van der Waals surface area contributed by atoms with Crippen LogP contribution < -0.4 is 4.57 Å². The van der Waals surface area contributed by atoms with E-state index in [0.29, 0.717) is 0 Å². The summed E-state index contributed by atoms with van der Waals surface area (Å²) in [6.45, 7) is 2.16. The fraction of sp³-hybridized carbons (Fsp3) is 0.571. The fourth-order valence-electron chi connectivity index (χ4n) is 0.962. The van der Waals surface area contributed by atoms with E-state index < -0.39 is 0 Å². The third kappa shape index (κ3) is 1.53. The van der Waals surface area contributed by atoms with E-state index in [-0.39, 0.29) is 0 Å². The van der Waals surface area contributed by atoms with Crippen molar-refractivity contribution in [1.82, 2.24) is 4.98 Å². The Morgan fingerprint density at radius 2 is 2.50 bits per heavy atom. The average Bonchev–Trinajstić information content (AvgIpc) is 2.36. The monoisotopic (exact) mass is 157 g/mol. The predicted octanol–water partition coefficient (Wildman–Crippen LogP) is 1.19. The Hall–Kier alpha value is -0.440. The highest BCUT2D eigenvalue weighted by atomic mass is 32.2. The second kappa shape index (κ2) is 3.66. The summed E-state index contributed by atoms with van der Waals surface area (Å²) >= 11 is 1.83. The molecule has 1 rings (SSSR count). The lowest BCUT2D eigenvalue weighted by Gasteiger charge is -1.93. The van der Waals surface area contributed by atoms with Crippen molar-refractivity contribution in [3.8, 4) is 0 Å². The average molecular weight is 157 g/mol. The maximum absolute atomic E-state index is 3.19. The van der Waals surface area contributed by atoms with Crippen LogP contribution in [0.4, 0.5) is 0 Å². The minimum absolute atomic E-state index is 1.05. The zero-order valence-corrected chi connectivity index (χ0v) is 7.24. The van der Waals surface area contributed by atoms with Gasteiger partial charge in [0.15, 0.2) is 0 Å². The van der Waals surface area contributed by atoms with Gasteiger partial charge in [-0.05, 0) is 6.26 Å². The number of H-pyrrole nitrogens is 1. The van der Waals surface area contributed by atoms with Gasteiger partial charge in [0.05, 0.1) is 0 Å². The number of hydrogen-bond donors (Lipinski definition) is 1. The van der Waals surface area contributed by atoms with Crippen LogP contribution in [0.3, 0.4) is 0 Å². The Morgan fingerprint density at radius 3 is 3.10 bits per heavy atom. The molecule has 0 atom stereocenters. The second-order valence-corrected chi connectivity index (χ2v) is 2.98. The Kier molecular flexibility index (Phi) is 2.81. The second-order valence-electron chi connectivity index (χ2n) is 2.15. The van der Waals surface area contributed by atoms with Crippen molar-refractivity contribution in [1.29, 1.82) is 0 Å². The molecule has 56 valence electrons. The topological polar surface area (TPSA) is 19.7 Å². The number of nitrogens with one attached hydrogen (secondary N) is 1. The lowest BCUT2D eigenvalue weighted by molar-refractivity contribution is -0.682. The van der Waals surface area contributed by atoms with E-state index in [1.165, 1.54) is 5.82 Å². The number of aryl methyl sites for hydroxylation is 1. The van der Waals surface area contributed by atoms with Crippen LogP contribution in [0.1, 0.15) is 12.7 Å². The Bertz CT molecular complexity index is 195. The van der Waals surface area contributed by atoms with Gasteiger partial charge in [-0.15, -0.1) is 11.8 Å². The Balaban J connectivity index is 2.70. The molecule has 2 nitrogen and oxygen atoms in total. The minimum Gasteiger partial charge on any atom is -0.248 e. The van der Waals surface area contributed by atoms with Crippen molar-refractivity contribution in [2.45, 2.75) is 19.2 Å². The predicted molar refractivity (Wildman–Crippen MR) is 43.9 cm³/mol. The molecule has 1 aromatic rings. The van der Waals surface area contributed by atoms with Gasteiger partial charge in [0.25, 0.3) is 5.82 Å².